The van der Waals surface area contributed by atoms with Crippen molar-refractivity contribution in [2.45, 2.75) is 18.9 Å². The van der Waals surface area contributed by atoms with Crippen molar-refractivity contribution in [3.05, 3.63) is 96.4 Å². The number of ether oxygens (including phenoxy) is 1. The Kier molecular flexibility index (Phi) is 7.00. The van der Waals surface area contributed by atoms with Crippen molar-refractivity contribution >= 4 is 0 Å². The van der Waals surface area contributed by atoms with Crippen LogP contribution in [0.25, 0.3) is 22.6 Å². The minimum absolute atomic E-state index is 0.0382. The van der Waals surface area contributed by atoms with Crippen molar-refractivity contribution in [3.63, 3.8) is 0 Å². The lowest BCUT2D eigenvalue weighted by molar-refractivity contribution is 0.0660. The first-order valence-corrected chi connectivity index (χ1v) is 10.7. The van der Waals surface area contributed by atoms with Gasteiger partial charge in [-0.15, -0.1) is 0 Å². The number of aliphatic hydroxyl groups is 2. The number of aliphatic hydroxyl groups excluding tert-OH is 2. The first kappa shape index (κ1) is 21.8. The van der Waals surface area contributed by atoms with E-state index in [1.165, 1.54) is 0 Å². The van der Waals surface area contributed by atoms with E-state index in [1.54, 1.807) is 7.11 Å². The number of oxazole rings is 1. The zero-order chi connectivity index (χ0) is 22.3. The van der Waals surface area contributed by atoms with Crippen molar-refractivity contribution in [3.8, 4) is 28.3 Å². The zero-order valence-corrected chi connectivity index (χ0v) is 18.0. The number of hydrogen-bond acceptors (Lipinski definition) is 5. The molecule has 5 heteroatoms. The number of benzene rings is 3. The third-order valence-corrected chi connectivity index (χ3v) is 5.56. The van der Waals surface area contributed by atoms with E-state index in [0.717, 1.165) is 22.4 Å². The largest absolute Gasteiger partial charge is 0.497 e. The van der Waals surface area contributed by atoms with Gasteiger partial charge in [0, 0.05) is 17.7 Å². The molecule has 164 valence electrons. The molecule has 0 saturated heterocycles. The molecule has 32 heavy (non-hydrogen) atoms. The third kappa shape index (κ3) is 4.90. The Balaban J connectivity index is 1.69. The average molecular weight is 430 g/mol. The fraction of sp³-hybridized carbons (Fsp3) is 0.222. The third-order valence-electron chi connectivity index (χ3n) is 5.56. The van der Waals surface area contributed by atoms with E-state index in [1.807, 2.05) is 84.9 Å². The number of hydrogen-bond donors (Lipinski definition) is 2. The Morgan fingerprint density at radius 3 is 2.25 bits per heavy atom. The van der Waals surface area contributed by atoms with E-state index >= 15 is 0 Å². The molecule has 0 fully saturated rings. The van der Waals surface area contributed by atoms with Gasteiger partial charge in [-0.1, -0.05) is 72.8 Å². The van der Waals surface area contributed by atoms with Crippen LogP contribution in [0.15, 0.2) is 89.3 Å². The quantitative estimate of drug-likeness (QED) is 0.378. The van der Waals surface area contributed by atoms with Gasteiger partial charge < -0.3 is 19.4 Å². The van der Waals surface area contributed by atoms with Gasteiger partial charge in [0.25, 0.3) is 0 Å². The Hall–Kier alpha value is -3.41. The van der Waals surface area contributed by atoms with E-state index < -0.39 is 6.10 Å². The molecule has 0 bridgehead atoms. The number of nitrogens with zero attached hydrogens (tertiary/aromatic N) is 1. The van der Waals surface area contributed by atoms with Crippen LogP contribution >= 0.6 is 0 Å². The highest BCUT2D eigenvalue weighted by Crippen LogP contribution is 2.37. The van der Waals surface area contributed by atoms with Crippen molar-refractivity contribution < 1.29 is 19.4 Å². The Labute approximate surface area is 188 Å². The smallest absolute Gasteiger partial charge is 0.224 e. The highest BCUT2D eigenvalue weighted by molar-refractivity contribution is 5.76. The molecule has 0 radical (unpaired) electrons. The highest BCUT2D eigenvalue weighted by Gasteiger charge is 2.28. The van der Waals surface area contributed by atoms with Crippen LogP contribution in [-0.4, -0.2) is 28.9 Å². The van der Waals surface area contributed by atoms with Crippen molar-refractivity contribution in [1.82, 2.24) is 4.98 Å². The molecule has 0 aliphatic carbocycles. The monoisotopic (exact) mass is 429 g/mol. The normalized spacial score (nSPS) is 13.0. The molecule has 4 rings (SSSR count). The van der Waals surface area contributed by atoms with Crippen LogP contribution in [0.1, 0.15) is 24.0 Å². The number of aromatic nitrogens is 1. The summed E-state index contributed by atoms with van der Waals surface area (Å²) in [5.41, 5.74) is 3.51. The van der Waals surface area contributed by atoms with Crippen LogP contribution in [0.3, 0.4) is 0 Å². The van der Waals surface area contributed by atoms with E-state index in [0.29, 0.717) is 24.3 Å². The summed E-state index contributed by atoms with van der Waals surface area (Å²) < 4.78 is 11.5. The second-order valence-electron chi connectivity index (χ2n) is 7.73. The van der Waals surface area contributed by atoms with Gasteiger partial charge in [0.2, 0.25) is 5.89 Å². The molecular formula is C27H27NO4. The van der Waals surface area contributed by atoms with Crippen molar-refractivity contribution in [2.75, 3.05) is 13.7 Å². The van der Waals surface area contributed by atoms with Gasteiger partial charge in [0.1, 0.15) is 17.5 Å². The molecule has 4 aromatic rings. The lowest BCUT2D eigenvalue weighted by atomic mass is 9.91. The standard InChI is InChI=1S/C27H27NO4/c1-31-23-14-8-9-19(18-23)17-22(15-16-29)25(30)27-28-24(20-10-4-2-5-11-20)26(32-27)21-12-6-3-7-13-21/h2-14,18,22,25,29-30H,15-17H2,1H3. The Bertz CT molecular complexity index is 1070. The summed E-state index contributed by atoms with van der Waals surface area (Å²) in [6.07, 6.45) is 0.0124. The summed E-state index contributed by atoms with van der Waals surface area (Å²) in [5, 5.41) is 20.9. The maximum Gasteiger partial charge on any atom is 0.224 e. The summed E-state index contributed by atoms with van der Waals surface area (Å²) in [6, 6.07) is 27.3. The minimum Gasteiger partial charge on any atom is -0.497 e. The van der Waals surface area contributed by atoms with Gasteiger partial charge in [-0.2, -0.15) is 0 Å². The van der Waals surface area contributed by atoms with Crippen molar-refractivity contribution in [1.29, 1.82) is 0 Å². The summed E-state index contributed by atoms with van der Waals surface area (Å²) in [5.74, 6) is 1.37. The maximum absolute atomic E-state index is 11.2. The fourth-order valence-corrected chi connectivity index (χ4v) is 3.88. The zero-order valence-electron chi connectivity index (χ0n) is 18.0. The van der Waals surface area contributed by atoms with E-state index in [9.17, 15) is 10.2 Å². The van der Waals surface area contributed by atoms with Crippen LogP contribution in [0, 0.1) is 5.92 Å². The van der Waals surface area contributed by atoms with Crippen LogP contribution in [-0.2, 0) is 6.42 Å². The first-order chi connectivity index (χ1) is 15.7. The molecule has 2 unspecified atom stereocenters. The van der Waals surface area contributed by atoms with E-state index in [2.05, 4.69) is 0 Å². The molecule has 2 N–H and O–H groups in total. The molecule has 0 aliphatic rings. The van der Waals surface area contributed by atoms with E-state index in [4.69, 9.17) is 14.1 Å². The SMILES string of the molecule is COc1cccc(CC(CCO)C(O)c2nc(-c3ccccc3)c(-c3ccccc3)o2)c1. The minimum atomic E-state index is -0.965. The lowest BCUT2D eigenvalue weighted by Gasteiger charge is -2.20. The predicted octanol–water partition coefficient (Wildman–Crippen LogP) is 5.29. The summed E-state index contributed by atoms with van der Waals surface area (Å²) in [6.45, 7) is -0.0382. The molecule has 5 nitrogen and oxygen atoms in total. The molecular weight excluding hydrogens is 402 g/mol. The first-order valence-electron chi connectivity index (χ1n) is 10.7. The fourth-order valence-electron chi connectivity index (χ4n) is 3.88. The molecule has 2 atom stereocenters. The molecule has 1 heterocycles. The summed E-state index contributed by atoms with van der Waals surface area (Å²) >= 11 is 0. The molecule has 1 aromatic heterocycles. The average Bonchev–Trinajstić information content (AvgIpc) is 3.30. The van der Waals surface area contributed by atoms with Crippen LogP contribution < -0.4 is 4.74 Å². The van der Waals surface area contributed by atoms with Gasteiger partial charge in [0.05, 0.1) is 7.11 Å². The van der Waals surface area contributed by atoms with Gasteiger partial charge in [-0.25, -0.2) is 4.98 Å². The topological polar surface area (TPSA) is 75.7 Å². The van der Waals surface area contributed by atoms with Crippen LogP contribution in [0.2, 0.25) is 0 Å². The highest BCUT2D eigenvalue weighted by atomic mass is 16.5. The maximum atomic E-state index is 11.2. The lowest BCUT2D eigenvalue weighted by Crippen LogP contribution is -2.17. The van der Waals surface area contributed by atoms with Crippen LogP contribution in [0.5, 0.6) is 5.75 Å². The molecule has 0 spiro atoms. The van der Waals surface area contributed by atoms with Crippen molar-refractivity contribution in [2.24, 2.45) is 5.92 Å². The molecule has 0 aliphatic heterocycles. The Morgan fingerprint density at radius 1 is 0.906 bits per heavy atom. The molecule has 0 saturated carbocycles. The van der Waals surface area contributed by atoms with Gasteiger partial charge in [-0.05, 0) is 36.5 Å². The van der Waals surface area contributed by atoms with Gasteiger partial charge >= 0.3 is 0 Å². The number of methoxy groups -OCH3 is 1. The molecule has 3 aromatic carbocycles. The summed E-state index contributed by atoms with van der Waals surface area (Å²) in [7, 11) is 1.63. The van der Waals surface area contributed by atoms with E-state index in [-0.39, 0.29) is 18.4 Å². The second-order valence-corrected chi connectivity index (χ2v) is 7.73. The Morgan fingerprint density at radius 2 is 1.59 bits per heavy atom. The predicted molar refractivity (Wildman–Crippen MR) is 124 cm³/mol. The molecule has 0 amide bonds. The second kappa shape index (κ2) is 10.3. The number of rotatable bonds is 9. The summed E-state index contributed by atoms with van der Waals surface area (Å²) in [4.78, 5) is 4.71. The van der Waals surface area contributed by atoms with Crippen LogP contribution in [0.4, 0.5) is 0 Å². The van der Waals surface area contributed by atoms with Gasteiger partial charge in [0.15, 0.2) is 5.76 Å². The van der Waals surface area contributed by atoms with Gasteiger partial charge in [-0.3, -0.25) is 0 Å².